The molecule has 1 atom stereocenters. The van der Waals surface area contributed by atoms with Crippen LogP contribution in [-0.4, -0.2) is 12.2 Å². The van der Waals surface area contributed by atoms with E-state index in [1.807, 2.05) is 30.3 Å². The molecule has 21 heavy (non-hydrogen) atoms. The zero-order valence-corrected chi connectivity index (χ0v) is 13.9. The second-order valence-corrected chi connectivity index (χ2v) is 6.89. The molecule has 0 saturated heterocycles. The van der Waals surface area contributed by atoms with Crippen molar-refractivity contribution in [3.05, 3.63) is 63.4 Å². The fourth-order valence-electron chi connectivity index (χ4n) is 2.38. The number of ether oxygens (including phenoxy) is 1. The molecule has 4 heteroatoms. The van der Waals surface area contributed by atoms with Crippen LogP contribution in [0.2, 0.25) is 0 Å². The molecule has 0 aliphatic heterocycles. The number of thiophene rings is 1. The highest BCUT2D eigenvalue weighted by Crippen LogP contribution is 2.33. The molecule has 108 valence electrons. The van der Waals surface area contributed by atoms with Gasteiger partial charge in [-0.3, -0.25) is 0 Å². The smallest absolute Gasteiger partial charge is 0.122 e. The molecule has 1 aromatic heterocycles. The zero-order valence-electron chi connectivity index (χ0n) is 11.5. The third-order valence-electron chi connectivity index (χ3n) is 3.43. The van der Waals surface area contributed by atoms with Gasteiger partial charge in [-0.1, -0.05) is 34.1 Å². The molecule has 3 aromatic rings. The van der Waals surface area contributed by atoms with Gasteiger partial charge >= 0.3 is 0 Å². The van der Waals surface area contributed by atoms with Gasteiger partial charge in [0.15, 0.2) is 0 Å². The molecule has 1 heterocycles. The summed E-state index contributed by atoms with van der Waals surface area (Å²) in [5.74, 6) is 0.804. The van der Waals surface area contributed by atoms with Crippen LogP contribution in [0.4, 0.5) is 0 Å². The van der Waals surface area contributed by atoms with E-state index in [1.54, 1.807) is 18.4 Å². The number of benzene rings is 2. The maximum absolute atomic E-state index is 10.5. The number of aliphatic hydroxyl groups excluding tert-OH is 1. The molecule has 0 saturated carbocycles. The van der Waals surface area contributed by atoms with Gasteiger partial charge in [0.05, 0.1) is 13.2 Å². The molecule has 2 aromatic carbocycles. The molecule has 0 aliphatic rings. The van der Waals surface area contributed by atoms with E-state index in [9.17, 15) is 5.11 Å². The van der Waals surface area contributed by atoms with Gasteiger partial charge in [-0.25, -0.2) is 0 Å². The van der Waals surface area contributed by atoms with Crippen LogP contribution in [0, 0.1) is 0 Å². The number of aliphatic hydroxyl groups is 1. The van der Waals surface area contributed by atoms with Crippen LogP contribution in [0.3, 0.4) is 0 Å². The van der Waals surface area contributed by atoms with E-state index in [4.69, 9.17) is 4.74 Å². The molecule has 0 fully saturated rings. The summed E-state index contributed by atoms with van der Waals surface area (Å²) in [4.78, 5) is 0.984. The summed E-state index contributed by atoms with van der Waals surface area (Å²) in [6.07, 6.45) is 0.0145. The average Bonchev–Trinajstić information content (AvgIpc) is 2.91. The first-order valence-corrected chi connectivity index (χ1v) is 8.27. The molecule has 0 radical (unpaired) electrons. The molecule has 3 rings (SSSR count). The van der Waals surface area contributed by atoms with Crippen molar-refractivity contribution < 1.29 is 9.84 Å². The maximum atomic E-state index is 10.5. The monoisotopic (exact) mass is 362 g/mol. The normalized spacial score (nSPS) is 12.5. The Morgan fingerprint density at radius 1 is 1.19 bits per heavy atom. The second kappa shape index (κ2) is 6.18. The topological polar surface area (TPSA) is 29.5 Å². The molecular weight excluding hydrogens is 348 g/mol. The quantitative estimate of drug-likeness (QED) is 0.711. The van der Waals surface area contributed by atoms with E-state index in [2.05, 4.69) is 34.1 Å². The van der Waals surface area contributed by atoms with Gasteiger partial charge in [0.2, 0.25) is 0 Å². The van der Waals surface area contributed by atoms with Gasteiger partial charge in [0, 0.05) is 20.5 Å². The first-order chi connectivity index (χ1) is 10.2. The number of halogens is 1. The third kappa shape index (κ3) is 3.12. The minimum Gasteiger partial charge on any atom is -0.496 e. The van der Waals surface area contributed by atoms with Crippen LogP contribution in [0.25, 0.3) is 10.1 Å². The summed E-state index contributed by atoms with van der Waals surface area (Å²) in [5.41, 5.74) is 0.997. The Balaban J connectivity index is 1.89. The molecular formula is C17H15BrO2S. The van der Waals surface area contributed by atoms with E-state index >= 15 is 0 Å². The lowest BCUT2D eigenvalue weighted by atomic mass is 10.1. The zero-order chi connectivity index (χ0) is 14.8. The first kappa shape index (κ1) is 14.6. The Labute approximate surface area is 136 Å². The van der Waals surface area contributed by atoms with Crippen molar-refractivity contribution in [2.24, 2.45) is 0 Å². The SMILES string of the molecule is COc1ccc(Br)cc1CC(O)c1cc2ccccc2s1. The Bertz CT molecular complexity index is 733. The van der Waals surface area contributed by atoms with Gasteiger partial charge in [-0.2, -0.15) is 0 Å². The van der Waals surface area contributed by atoms with Crippen LogP contribution in [0.1, 0.15) is 16.5 Å². The molecule has 0 spiro atoms. The summed E-state index contributed by atoms with van der Waals surface area (Å²) >= 11 is 5.10. The highest BCUT2D eigenvalue weighted by molar-refractivity contribution is 9.10. The van der Waals surface area contributed by atoms with Crippen molar-refractivity contribution in [1.29, 1.82) is 0 Å². The van der Waals surface area contributed by atoms with Crippen molar-refractivity contribution in [3.63, 3.8) is 0 Å². The molecule has 0 aliphatic carbocycles. The highest BCUT2D eigenvalue weighted by atomic mass is 79.9. The van der Waals surface area contributed by atoms with Gasteiger partial charge in [-0.05, 0) is 41.3 Å². The summed E-state index contributed by atoms with van der Waals surface area (Å²) in [7, 11) is 1.65. The van der Waals surface area contributed by atoms with Crippen molar-refractivity contribution in [3.8, 4) is 5.75 Å². The van der Waals surface area contributed by atoms with E-state index in [0.29, 0.717) is 6.42 Å². The number of hydrogen-bond donors (Lipinski definition) is 1. The minimum atomic E-state index is -0.523. The van der Waals surface area contributed by atoms with Crippen LogP contribution in [0.5, 0.6) is 5.75 Å². The Kier molecular flexibility index (Phi) is 4.29. The number of methoxy groups -OCH3 is 1. The Hall–Kier alpha value is -1.36. The largest absolute Gasteiger partial charge is 0.496 e. The summed E-state index contributed by atoms with van der Waals surface area (Å²) in [6, 6.07) is 16.1. The fourth-order valence-corrected chi connectivity index (χ4v) is 3.84. The predicted molar refractivity (Wildman–Crippen MR) is 91.2 cm³/mol. The number of fused-ring (bicyclic) bond motifs is 1. The fraction of sp³-hybridized carbons (Fsp3) is 0.176. The van der Waals surface area contributed by atoms with Crippen LogP contribution in [0.15, 0.2) is 53.0 Å². The van der Waals surface area contributed by atoms with E-state index in [-0.39, 0.29) is 0 Å². The Morgan fingerprint density at radius 2 is 2.00 bits per heavy atom. The lowest BCUT2D eigenvalue weighted by molar-refractivity contribution is 0.181. The lowest BCUT2D eigenvalue weighted by Crippen LogP contribution is -2.01. The van der Waals surface area contributed by atoms with Gasteiger partial charge < -0.3 is 9.84 Å². The van der Waals surface area contributed by atoms with E-state index < -0.39 is 6.10 Å². The summed E-state index contributed by atoms with van der Waals surface area (Å²) in [5, 5.41) is 11.7. The minimum absolute atomic E-state index is 0.523. The van der Waals surface area contributed by atoms with Gasteiger partial charge in [0.25, 0.3) is 0 Å². The summed E-state index contributed by atoms with van der Waals surface area (Å²) < 4.78 is 7.56. The molecule has 1 unspecified atom stereocenters. The molecule has 0 amide bonds. The van der Waals surface area contributed by atoms with E-state index in [0.717, 1.165) is 20.7 Å². The average molecular weight is 363 g/mol. The van der Waals surface area contributed by atoms with Crippen molar-refractivity contribution in [1.82, 2.24) is 0 Å². The van der Waals surface area contributed by atoms with Crippen molar-refractivity contribution >= 4 is 37.4 Å². The third-order valence-corrected chi connectivity index (χ3v) is 5.14. The maximum Gasteiger partial charge on any atom is 0.122 e. The molecule has 0 bridgehead atoms. The number of hydrogen-bond acceptors (Lipinski definition) is 3. The lowest BCUT2D eigenvalue weighted by Gasteiger charge is -2.12. The van der Waals surface area contributed by atoms with E-state index in [1.165, 1.54) is 10.1 Å². The van der Waals surface area contributed by atoms with Crippen LogP contribution in [-0.2, 0) is 6.42 Å². The predicted octanol–water partition coefficient (Wildman–Crippen LogP) is 4.95. The van der Waals surface area contributed by atoms with Crippen molar-refractivity contribution in [2.45, 2.75) is 12.5 Å². The highest BCUT2D eigenvalue weighted by Gasteiger charge is 2.15. The van der Waals surface area contributed by atoms with Gasteiger partial charge in [0.1, 0.15) is 5.75 Å². The summed E-state index contributed by atoms with van der Waals surface area (Å²) in [6.45, 7) is 0. The molecule has 1 N–H and O–H groups in total. The van der Waals surface area contributed by atoms with Crippen molar-refractivity contribution in [2.75, 3.05) is 7.11 Å². The van der Waals surface area contributed by atoms with Gasteiger partial charge in [-0.15, -0.1) is 11.3 Å². The Morgan fingerprint density at radius 3 is 2.76 bits per heavy atom. The first-order valence-electron chi connectivity index (χ1n) is 6.66. The standard InChI is InChI=1S/C17H15BrO2S/c1-20-15-7-6-13(18)8-12(15)9-14(19)17-10-11-4-2-3-5-16(11)21-17/h2-8,10,14,19H,9H2,1H3. The number of rotatable bonds is 4. The second-order valence-electron chi connectivity index (χ2n) is 4.86. The van der Waals surface area contributed by atoms with Crippen LogP contribution < -0.4 is 4.74 Å². The van der Waals surface area contributed by atoms with Crippen LogP contribution >= 0.6 is 27.3 Å². The molecule has 2 nitrogen and oxygen atoms in total.